The Labute approximate surface area is 126 Å². The lowest BCUT2D eigenvalue weighted by atomic mass is 9.85. The monoisotopic (exact) mass is 303 g/mol. The van der Waals surface area contributed by atoms with E-state index in [2.05, 4.69) is 20.7 Å². The molecule has 1 fully saturated rings. The van der Waals surface area contributed by atoms with Crippen LogP contribution in [0.15, 0.2) is 12.4 Å². The van der Waals surface area contributed by atoms with Crippen LogP contribution < -0.4 is 11.1 Å². The molecular weight excluding hydrogens is 286 g/mol. The molecule has 9 heteroatoms. The molecule has 9 nitrogen and oxygen atoms in total. The zero-order chi connectivity index (χ0) is 15.7. The van der Waals surface area contributed by atoms with E-state index in [1.54, 1.807) is 6.92 Å². The summed E-state index contributed by atoms with van der Waals surface area (Å²) in [6.45, 7) is 1.69. The van der Waals surface area contributed by atoms with Crippen LogP contribution in [0.1, 0.15) is 29.8 Å². The van der Waals surface area contributed by atoms with Crippen molar-refractivity contribution in [2.75, 3.05) is 11.1 Å². The van der Waals surface area contributed by atoms with E-state index in [1.165, 1.54) is 21.8 Å². The molecule has 2 aromatic heterocycles. The first kappa shape index (κ1) is 14.2. The summed E-state index contributed by atoms with van der Waals surface area (Å²) in [5, 5.41) is 14.4. The SMILES string of the molecule is Cc1nn(C(=O)Cn2cc(NC(=O)C3CCC3)nn2)cc1N. The second-order valence-corrected chi connectivity index (χ2v) is 5.43. The highest BCUT2D eigenvalue weighted by atomic mass is 16.2. The van der Waals surface area contributed by atoms with Crippen LogP contribution in [0, 0.1) is 12.8 Å². The number of aromatic nitrogens is 5. The van der Waals surface area contributed by atoms with Crippen molar-refractivity contribution < 1.29 is 9.59 Å². The molecular formula is C13H17N7O2. The van der Waals surface area contributed by atoms with Gasteiger partial charge in [-0.25, -0.2) is 9.36 Å². The third-order valence-electron chi connectivity index (χ3n) is 3.76. The minimum Gasteiger partial charge on any atom is -0.396 e. The minimum absolute atomic E-state index is 0.0349. The predicted octanol–water partition coefficient (Wildman–Crippen LogP) is 0.444. The van der Waals surface area contributed by atoms with Crippen molar-refractivity contribution in [1.29, 1.82) is 0 Å². The number of nitrogens with one attached hydrogen (secondary N) is 1. The van der Waals surface area contributed by atoms with Gasteiger partial charge < -0.3 is 11.1 Å². The lowest BCUT2D eigenvalue weighted by molar-refractivity contribution is -0.122. The Morgan fingerprint density at radius 1 is 1.41 bits per heavy atom. The van der Waals surface area contributed by atoms with Gasteiger partial charge in [-0.05, 0) is 19.8 Å². The number of hydrogen-bond donors (Lipinski definition) is 2. The van der Waals surface area contributed by atoms with Crippen molar-refractivity contribution in [3.05, 3.63) is 18.1 Å². The van der Waals surface area contributed by atoms with Crippen LogP contribution >= 0.6 is 0 Å². The van der Waals surface area contributed by atoms with Gasteiger partial charge in [0.1, 0.15) is 6.54 Å². The summed E-state index contributed by atoms with van der Waals surface area (Å²) in [7, 11) is 0. The van der Waals surface area contributed by atoms with Gasteiger partial charge in [0.15, 0.2) is 5.82 Å². The quantitative estimate of drug-likeness (QED) is 0.845. The summed E-state index contributed by atoms with van der Waals surface area (Å²) in [6.07, 6.45) is 5.91. The Morgan fingerprint density at radius 3 is 2.77 bits per heavy atom. The molecule has 0 aromatic carbocycles. The van der Waals surface area contributed by atoms with Crippen LogP contribution in [0.5, 0.6) is 0 Å². The van der Waals surface area contributed by atoms with Gasteiger partial charge in [0.25, 0.3) is 5.91 Å². The fourth-order valence-corrected chi connectivity index (χ4v) is 2.14. The Morgan fingerprint density at radius 2 is 2.18 bits per heavy atom. The molecule has 1 aliphatic carbocycles. The summed E-state index contributed by atoms with van der Waals surface area (Å²) < 4.78 is 2.53. The second-order valence-electron chi connectivity index (χ2n) is 5.43. The number of hydrogen-bond acceptors (Lipinski definition) is 6. The summed E-state index contributed by atoms with van der Waals surface area (Å²) >= 11 is 0. The Bertz CT molecular complexity index is 694. The molecule has 116 valence electrons. The topological polar surface area (TPSA) is 121 Å². The number of nitrogens with zero attached hydrogens (tertiary/aromatic N) is 5. The number of nitrogens with two attached hydrogens (primary N) is 1. The zero-order valence-corrected chi connectivity index (χ0v) is 12.2. The molecule has 2 heterocycles. The van der Waals surface area contributed by atoms with Crippen LogP contribution in [0.25, 0.3) is 0 Å². The maximum Gasteiger partial charge on any atom is 0.268 e. The van der Waals surface area contributed by atoms with Crippen molar-refractivity contribution in [2.45, 2.75) is 32.7 Å². The van der Waals surface area contributed by atoms with Crippen LogP contribution in [-0.4, -0.2) is 36.6 Å². The third kappa shape index (κ3) is 2.83. The van der Waals surface area contributed by atoms with E-state index in [-0.39, 0.29) is 24.3 Å². The van der Waals surface area contributed by atoms with E-state index in [4.69, 9.17) is 5.73 Å². The van der Waals surface area contributed by atoms with E-state index in [0.717, 1.165) is 19.3 Å². The lowest BCUT2D eigenvalue weighted by Crippen LogP contribution is -2.28. The smallest absolute Gasteiger partial charge is 0.268 e. The number of nitrogen functional groups attached to an aromatic ring is 1. The highest BCUT2D eigenvalue weighted by molar-refractivity contribution is 5.92. The van der Waals surface area contributed by atoms with E-state index in [0.29, 0.717) is 17.2 Å². The molecule has 3 rings (SSSR count). The van der Waals surface area contributed by atoms with Gasteiger partial charge in [-0.3, -0.25) is 9.59 Å². The maximum atomic E-state index is 12.0. The van der Waals surface area contributed by atoms with Gasteiger partial charge in [0, 0.05) is 5.92 Å². The fourth-order valence-electron chi connectivity index (χ4n) is 2.14. The highest BCUT2D eigenvalue weighted by Gasteiger charge is 2.25. The molecule has 0 atom stereocenters. The van der Waals surface area contributed by atoms with Crippen LogP contribution in [0.3, 0.4) is 0 Å². The van der Waals surface area contributed by atoms with Crippen LogP contribution in [0.4, 0.5) is 11.5 Å². The predicted molar refractivity (Wildman–Crippen MR) is 78.0 cm³/mol. The molecule has 1 saturated carbocycles. The van der Waals surface area contributed by atoms with Gasteiger partial charge in [-0.2, -0.15) is 5.10 Å². The third-order valence-corrected chi connectivity index (χ3v) is 3.76. The molecule has 1 amide bonds. The summed E-state index contributed by atoms with van der Waals surface area (Å²) in [4.78, 5) is 23.8. The number of anilines is 2. The number of carbonyl (C=O) groups is 2. The molecule has 22 heavy (non-hydrogen) atoms. The Hall–Kier alpha value is -2.71. The first-order chi connectivity index (χ1) is 10.5. The van der Waals surface area contributed by atoms with E-state index in [9.17, 15) is 9.59 Å². The molecule has 0 unspecified atom stereocenters. The normalized spacial score (nSPS) is 14.6. The number of rotatable bonds is 4. The molecule has 3 N–H and O–H groups in total. The van der Waals surface area contributed by atoms with Crippen molar-refractivity contribution in [3.8, 4) is 0 Å². The van der Waals surface area contributed by atoms with E-state index >= 15 is 0 Å². The van der Waals surface area contributed by atoms with Crippen molar-refractivity contribution >= 4 is 23.3 Å². The Kier molecular flexibility index (Phi) is 3.61. The molecule has 1 aliphatic rings. The zero-order valence-electron chi connectivity index (χ0n) is 12.2. The average molecular weight is 303 g/mol. The van der Waals surface area contributed by atoms with Gasteiger partial charge in [0.2, 0.25) is 5.91 Å². The summed E-state index contributed by atoms with van der Waals surface area (Å²) in [6, 6.07) is 0. The van der Waals surface area contributed by atoms with Gasteiger partial charge in [-0.1, -0.05) is 11.6 Å². The van der Waals surface area contributed by atoms with Crippen LogP contribution in [0.2, 0.25) is 0 Å². The van der Waals surface area contributed by atoms with Crippen molar-refractivity contribution in [3.63, 3.8) is 0 Å². The molecule has 2 aromatic rings. The van der Waals surface area contributed by atoms with Gasteiger partial charge in [0.05, 0.1) is 23.8 Å². The largest absolute Gasteiger partial charge is 0.396 e. The standard InChI is InChI=1S/C13H17N7O2/c1-8-10(14)5-20(17-8)12(21)7-19-6-11(16-18-19)15-13(22)9-3-2-4-9/h5-6,9H,2-4,7,14H2,1H3,(H,15,22). The van der Waals surface area contributed by atoms with Crippen molar-refractivity contribution in [1.82, 2.24) is 24.8 Å². The second kappa shape index (κ2) is 5.58. The van der Waals surface area contributed by atoms with E-state index in [1.807, 2.05) is 0 Å². The number of carbonyl (C=O) groups excluding carboxylic acids is 2. The minimum atomic E-state index is -0.290. The summed E-state index contributed by atoms with van der Waals surface area (Å²) in [5.41, 5.74) is 6.72. The van der Waals surface area contributed by atoms with Gasteiger partial charge >= 0.3 is 0 Å². The van der Waals surface area contributed by atoms with Crippen molar-refractivity contribution in [2.24, 2.45) is 5.92 Å². The fraction of sp³-hybridized carbons (Fsp3) is 0.462. The highest BCUT2D eigenvalue weighted by Crippen LogP contribution is 2.27. The molecule has 0 saturated heterocycles. The van der Waals surface area contributed by atoms with Gasteiger partial charge in [-0.15, -0.1) is 5.10 Å². The maximum absolute atomic E-state index is 12.0. The molecule has 0 bridgehead atoms. The lowest BCUT2D eigenvalue weighted by Gasteiger charge is -2.23. The number of aryl methyl sites for hydroxylation is 1. The summed E-state index contributed by atoms with van der Waals surface area (Å²) in [5.74, 6) is 0.0873. The first-order valence-corrected chi connectivity index (χ1v) is 7.09. The number of amides is 1. The molecule has 0 spiro atoms. The Balaban J connectivity index is 1.61. The van der Waals surface area contributed by atoms with E-state index < -0.39 is 0 Å². The molecule has 0 aliphatic heterocycles. The first-order valence-electron chi connectivity index (χ1n) is 7.09. The average Bonchev–Trinajstić information content (AvgIpc) is 2.95. The van der Waals surface area contributed by atoms with Crippen LogP contribution in [-0.2, 0) is 11.3 Å². The molecule has 0 radical (unpaired) electrons.